The predicted molar refractivity (Wildman–Crippen MR) is 112 cm³/mol. The van der Waals surface area contributed by atoms with Crippen LogP contribution in [0.5, 0.6) is 5.88 Å². The number of aryl methyl sites for hydroxylation is 1. The maximum atomic E-state index is 8.91. The van der Waals surface area contributed by atoms with Gasteiger partial charge < -0.3 is 15.4 Å². The quantitative estimate of drug-likeness (QED) is 0.675. The highest BCUT2D eigenvalue weighted by molar-refractivity contribution is 5.69. The summed E-state index contributed by atoms with van der Waals surface area (Å²) in [4.78, 5) is 4.49. The van der Waals surface area contributed by atoms with Gasteiger partial charge in [0.1, 0.15) is 6.10 Å². The van der Waals surface area contributed by atoms with E-state index in [1.807, 2.05) is 49.9 Å². The van der Waals surface area contributed by atoms with E-state index in [4.69, 9.17) is 10.00 Å². The Bertz CT molecular complexity index is 1020. The molecule has 0 bridgehead atoms. The van der Waals surface area contributed by atoms with Crippen molar-refractivity contribution in [3.05, 3.63) is 60.0 Å². The Balaban J connectivity index is 1.30. The monoisotopic (exact) mass is 388 g/mol. The number of ether oxygens (including phenoxy) is 1. The number of hydrogen-bond donors (Lipinski definition) is 2. The fourth-order valence-corrected chi connectivity index (χ4v) is 3.40. The largest absolute Gasteiger partial charge is 0.470 e. The molecule has 3 aromatic rings. The predicted octanol–water partition coefficient (Wildman–Crippen LogP) is 2.92. The number of nitrogens with zero attached hydrogens (tertiary/aromatic N) is 4. The molecule has 148 valence electrons. The number of aromatic nitrogens is 3. The lowest BCUT2D eigenvalue weighted by atomic mass is 10.00. The third-order valence-corrected chi connectivity index (χ3v) is 5.12. The van der Waals surface area contributed by atoms with Gasteiger partial charge in [-0.3, -0.25) is 4.68 Å². The minimum Gasteiger partial charge on any atom is -0.470 e. The van der Waals surface area contributed by atoms with Crippen molar-refractivity contribution in [3.63, 3.8) is 0 Å². The molecule has 1 aliphatic rings. The summed E-state index contributed by atoms with van der Waals surface area (Å²) in [5, 5.41) is 20.0. The summed E-state index contributed by atoms with van der Waals surface area (Å²) in [5.41, 5.74) is 4.86. The zero-order valence-corrected chi connectivity index (χ0v) is 16.6. The maximum absolute atomic E-state index is 8.91. The molecule has 4 rings (SSSR count). The fraction of sp³-hybridized carbons (Fsp3) is 0.318. The van der Waals surface area contributed by atoms with Crippen LogP contribution in [0, 0.1) is 11.3 Å². The van der Waals surface area contributed by atoms with Gasteiger partial charge in [0.2, 0.25) is 5.88 Å². The van der Waals surface area contributed by atoms with E-state index in [1.165, 1.54) is 5.56 Å². The molecule has 0 saturated carbocycles. The van der Waals surface area contributed by atoms with Crippen LogP contribution in [0.3, 0.4) is 0 Å². The zero-order chi connectivity index (χ0) is 20.2. The van der Waals surface area contributed by atoms with E-state index in [9.17, 15) is 0 Å². The first-order valence-corrected chi connectivity index (χ1v) is 9.73. The molecule has 0 aliphatic carbocycles. The molecular weight excluding hydrogens is 364 g/mol. The third kappa shape index (κ3) is 4.39. The van der Waals surface area contributed by atoms with Gasteiger partial charge in [-0.1, -0.05) is 19.1 Å². The smallest absolute Gasteiger partial charge is 0.237 e. The number of benzene rings is 1. The van der Waals surface area contributed by atoms with Crippen LogP contribution in [0.2, 0.25) is 0 Å². The van der Waals surface area contributed by atoms with E-state index in [-0.39, 0.29) is 6.10 Å². The Labute approximate surface area is 170 Å². The summed E-state index contributed by atoms with van der Waals surface area (Å²) in [7, 11) is 1.90. The maximum Gasteiger partial charge on any atom is 0.237 e. The zero-order valence-electron chi connectivity index (χ0n) is 16.6. The van der Waals surface area contributed by atoms with Crippen molar-refractivity contribution in [2.75, 3.05) is 25.0 Å². The molecule has 2 unspecified atom stereocenters. The van der Waals surface area contributed by atoms with Gasteiger partial charge in [0.05, 0.1) is 30.1 Å². The van der Waals surface area contributed by atoms with Crippen LogP contribution in [-0.4, -0.2) is 40.5 Å². The van der Waals surface area contributed by atoms with Gasteiger partial charge in [-0.25, -0.2) is 4.98 Å². The molecule has 0 radical (unpaired) electrons. The van der Waals surface area contributed by atoms with Crippen LogP contribution in [-0.2, 0) is 7.05 Å². The summed E-state index contributed by atoms with van der Waals surface area (Å²) in [6.07, 6.45) is 5.64. The molecule has 7 nitrogen and oxygen atoms in total. The lowest BCUT2D eigenvalue weighted by molar-refractivity contribution is 0.193. The Morgan fingerprint density at radius 3 is 2.86 bits per heavy atom. The molecule has 3 heterocycles. The molecule has 1 aromatic carbocycles. The highest BCUT2D eigenvalue weighted by Gasteiger charge is 2.21. The van der Waals surface area contributed by atoms with Gasteiger partial charge in [0.25, 0.3) is 0 Å². The van der Waals surface area contributed by atoms with E-state index in [0.29, 0.717) is 17.4 Å². The topological polar surface area (TPSA) is 87.8 Å². The van der Waals surface area contributed by atoms with Crippen LogP contribution in [0.25, 0.3) is 11.1 Å². The summed E-state index contributed by atoms with van der Waals surface area (Å²) in [6.45, 7) is 4.47. The number of hydrogen-bond acceptors (Lipinski definition) is 6. The number of nitrogens with one attached hydrogen (secondary N) is 2. The first-order chi connectivity index (χ1) is 14.1. The second-order valence-corrected chi connectivity index (χ2v) is 7.39. The molecule has 0 amide bonds. The van der Waals surface area contributed by atoms with E-state index < -0.39 is 0 Å². The molecule has 1 aliphatic heterocycles. The minimum atomic E-state index is 0.0207. The molecule has 0 spiro atoms. The van der Waals surface area contributed by atoms with Crippen molar-refractivity contribution in [1.82, 2.24) is 20.1 Å². The first kappa shape index (κ1) is 19.0. The second-order valence-electron chi connectivity index (χ2n) is 7.39. The molecule has 0 fully saturated rings. The number of nitriles is 1. The molecule has 2 atom stereocenters. The Morgan fingerprint density at radius 2 is 2.14 bits per heavy atom. The summed E-state index contributed by atoms with van der Waals surface area (Å²) in [6, 6.07) is 12.0. The van der Waals surface area contributed by atoms with Crippen molar-refractivity contribution in [1.29, 1.82) is 5.26 Å². The van der Waals surface area contributed by atoms with Crippen molar-refractivity contribution in [2.45, 2.75) is 18.9 Å². The van der Waals surface area contributed by atoms with E-state index in [0.717, 1.165) is 36.4 Å². The van der Waals surface area contributed by atoms with Gasteiger partial charge in [-0.05, 0) is 29.7 Å². The van der Waals surface area contributed by atoms with Gasteiger partial charge in [-0.2, -0.15) is 10.4 Å². The van der Waals surface area contributed by atoms with E-state index in [2.05, 4.69) is 39.8 Å². The van der Waals surface area contributed by atoms with Gasteiger partial charge >= 0.3 is 0 Å². The summed E-state index contributed by atoms with van der Waals surface area (Å²) in [5.74, 6) is 0.988. The highest BCUT2D eigenvalue weighted by atomic mass is 16.5. The van der Waals surface area contributed by atoms with Gasteiger partial charge in [-0.15, -0.1) is 0 Å². The van der Waals surface area contributed by atoms with Crippen molar-refractivity contribution >= 4 is 5.69 Å². The van der Waals surface area contributed by atoms with Crippen molar-refractivity contribution in [2.24, 2.45) is 7.05 Å². The first-order valence-electron chi connectivity index (χ1n) is 9.73. The molecule has 29 heavy (non-hydrogen) atoms. The van der Waals surface area contributed by atoms with Crippen molar-refractivity contribution in [3.8, 4) is 23.1 Å². The number of pyridine rings is 1. The van der Waals surface area contributed by atoms with Gasteiger partial charge in [0, 0.05) is 43.7 Å². The summed E-state index contributed by atoms with van der Waals surface area (Å²) < 4.78 is 7.83. The van der Waals surface area contributed by atoms with Crippen LogP contribution < -0.4 is 15.4 Å². The lowest BCUT2D eigenvalue weighted by Gasteiger charge is -2.27. The number of fused-ring (bicyclic) bond motifs is 1. The SMILES string of the molecule is CC(CNCC1CNc2cc(-c3cnn(C)c3)cnc2O1)c1ccc(C#N)cc1. The van der Waals surface area contributed by atoms with Crippen LogP contribution >= 0.6 is 0 Å². The Morgan fingerprint density at radius 1 is 1.31 bits per heavy atom. The Kier molecular flexibility index (Phi) is 5.45. The van der Waals surface area contributed by atoms with Crippen LogP contribution in [0.4, 0.5) is 5.69 Å². The van der Waals surface area contributed by atoms with Gasteiger partial charge in [0.15, 0.2) is 0 Å². The number of anilines is 1. The standard InChI is InChI=1S/C22H24N6O/c1-15(17-5-3-16(8-23)4-6-17)9-24-12-20-13-25-21-7-18(10-26-22(21)29-20)19-11-27-28(2)14-19/h3-7,10-11,14-15,20,24-25H,9,12-13H2,1-2H3. The van der Waals surface area contributed by atoms with Crippen LogP contribution in [0.15, 0.2) is 48.9 Å². The average molecular weight is 388 g/mol. The average Bonchev–Trinajstić information content (AvgIpc) is 3.19. The van der Waals surface area contributed by atoms with Crippen LogP contribution in [0.1, 0.15) is 24.0 Å². The third-order valence-electron chi connectivity index (χ3n) is 5.12. The second kappa shape index (κ2) is 8.33. The molecule has 0 saturated heterocycles. The number of rotatable bonds is 6. The normalized spacial score (nSPS) is 16.2. The minimum absolute atomic E-state index is 0.0207. The molecule has 2 aromatic heterocycles. The fourth-order valence-electron chi connectivity index (χ4n) is 3.40. The summed E-state index contributed by atoms with van der Waals surface area (Å²) >= 11 is 0. The highest BCUT2D eigenvalue weighted by Crippen LogP contribution is 2.31. The molecular formula is C22H24N6O. The Hall–Kier alpha value is -3.37. The molecule has 7 heteroatoms. The lowest BCUT2D eigenvalue weighted by Crippen LogP contribution is -2.40. The van der Waals surface area contributed by atoms with E-state index >= 15 is 0 Å². The van der Waals surface area contributed by atoms with E-state index in [1.54, 1.807) is 4.68 Å². The molecule has 2 N–H and O–H groups in total. The van der Waals surface area contributed by atoms with Crippen molar-refractivity contribution < 1.29 is 4.74 Å².